The molecule has 3 amide bonds. The Morgan fingerprint density at radius 2 is 1.82 bits per heavy atom. The number of rotatable bonds is 12. The fraction of sp³-hybridized carbons (Fsp3) is 0.586. The highest BCUT2D eigenvalue weighted by Crippen LogP contribution is 2.28. The number of unbranched alkanes of at least 4 members (excludes halogenated alkanes) is 3. The molecule has 1 aliphatic rings. The van der Waals surface area contributed by atoms with E-state index in [0.717, 1.165) is 34.5 Å². The summed E-state index contributed by atoms with van der Waals surface area (Å²) in [4.78, 5) is 46.3. The van der Waals surface area contributed by atoms with E-state index < -0.39 is 23.6 Å². The molecule has 3 atom stereocenters. The molecule has 10 heteroatoms. The number of aryl methyl sites for hydroxylation is 1. The van der Waals surface area contributed by atoms with Crippen molar-refractivity contribution >= 4 is 29.1 Å². The number of β-amino-alcohol motifs (C(OH)–C–C–N with tert-alkyl or cyclic N) is 1. The van der Waals surface area contributed by atoms with Crippen molar-refractivity contribution in [2.75, 3.05) is 13.2 Å². The highest BCUT2D eigenvalue weighted by molar-refractivity contribution is 7.13. The minimum Gasteiger partial charge on any atom is -0.396 e. The van der Waals surface area contributed by atoms with Gasteiger partial charge in [0.15, 0.2) is 0 Å². The van der Waals surface area contributed by atoms with E-state index in [1.165, 1.54) is 4.90 Å². The van der Waals surface area contributed by atoms with Crippen LogP contribution in [0.15, 0.2) is 29.8 Å². The van der Waals surface area contributed by atoms with Crippen molar-refractivity contribution in [2.45, 2.75) is 91.0 Å². The Kier molecular flexibility index (Phi) is 11.0. The minimum atomic E-state index is -0.828. The van der Waals surface area contributed by atoms with Crippen LogP contribution in [-0.4, -0.2) is 69.2 Å². The van der Waals surface area contributed by atoms with Crippen LogP contribution in [0.3, 0.4) is 0 Å². The Hall–Kier alpha value is -2.82. The standard InChI is InChI=1S/C29H42N4O5S/c1-19-25(39-18-31-19)21-12-10-20(11-13-21)16-30-27(37)23-15-22(35)17-33(23)28(38)26(29(2,3)4)32-24(36)9-7-5-6-8-14-34/h10-13,18,22-23,26,34-35H,5-9,14-17H2,1-4H3,(H,30,37)(H,32,36). The van der Waals surface area contributed by atoms with Crippen LogP contribution in [0, 0.1) is 12.3 Å². The maximum atomic E-state index is 13.6. The average molecular weight is 559 g/mol. The molecular weight excluding hydrogens is 516 g/mol. The maximum Gasteiger partial charge on any atom is 0.246 e. The number of carbonyl (C=O) groups is 3. The summed E-state index contributed by atoms with van der Waals surface area (Å²) < 4.78 is 0. The number of aliphatic hydroxyl groups excluding tert-OH is 2. The summed E-state index contributed by atoms with van der Waals surface area (Å²) in [5.74, 6) is -0.910. The first-order chi connectivity index (χ1) is 18.5. The van der Waals surface area contributed by atoms with Crippen molar-refractivity contribution in [1.29, 1.82) is 0 Å². The Bertz CT molecular complexity index is 1110. The lowest BCUT2D eigenvalue weighted by molar-refractivity contribution is -0.144. The number of benzene rings is 1. The Balaban J connectivity index is 1.61. The normalized spacial score (nSPS) is 18.2. The van der Waals surface area contributed by atoms with Crippen LogP contribution in [0.25, 0.3) is 10.4 Å². The lowest BCUT2D eigenvalue weighted by Gasteiger charge is -2.35. The van der Waals surface area contributed by atoms with Gasteiger partial charge in [-0.2, -0.15) is 0 Å². The molecule has 1 fully saturated rings. The largest absolute Gasteiger partial charge is 0.396 e. The third-order valence-electron chi connectivity index (χ3n) is 7.02. The molecule has 1 saturated heterocycles. The second-order valence-electron chi connectivity index (χ2n) is 11.3. The maximum absolute atomic E-state index is 13.6. The van der Waals surface area contributed by atoms with Crippen molar-refractivity contribution in [3.05, 3.63) is 41.0 Å². The second-order valence-corrected chi connectivity index (χ2v) is 12.2. The van der Waals surface area contributed by atoms with E-state index in [0.29, 0.717) is 25.8 Å². The first-order valence-corrected chi connectivity index (χ1v) is 14.5. The highest BCUT2D eigenvalue weighted by atomic mass is 32.1. The number of aromatic nitrogens is 1. The number of nitrogens with one attached hydrogen (secondary N) is 2. The summed E-state index contributed by atoms with van der Waals surface area (Å²) in [6.45, 7) is 8.07. The van der Waals surface area contributed by atoms with Crippen molar-refractivity contribution in [3.63, 3.8) is 0 Å². The van der Waals surface area contributed by atoms with Crippen molar-refractivity contribution < 1.29 is 24.6 Å². The number of hydrogen-bond acceptors (Lipinski definition) is 7. The van der Waals surface area contributed by atoms with Crippen LogP contribution in [0.5, 0.6) is 0 Å². The molecule has 1 aromatic carbocycles. The molecule has 2 aromatic rings. The van der Waals surface area contributed by atoms with Gasteiger partial charge in [-0.05, 0) is 36.3 Å². The SMILES string of the molecule is Cc1ncsc1-c1ccc(CNC(=O)C2CC(O)CN2C(=O)C(NC(=O)CCCCCCO)C(C)(C)C)cc1. The van der Waals surface area contributed by atoms with Gasteiger partial charge in [0.2, 0.25) is 17.7 Å². The minimum absolute atomic E-state index is 0.0451. The summed E-state index contributed by atoms with van der Waals surface area (Å²) in [6, 6.07) is 6.27. The quantitative estimate of drug-likeness (QED) is 0.296. The van der Waals surface area contributed by atoms with Gasteiger partial charge >= 0.3 is 0 Å². The van der Waals surface area contributed by atoms with E-state index in [1.807, 2.05) is 57.5 Å². The van der Waals surface area contributed by atoms with Crippen LogP contribution in [0.2, 0.25) is 0 Å². The third kappa shape index (κ3) is 8.58. The first-order valence-electron chi connectivity index (χ1n) is 13.7. The zero-order valence-electron chi connectivity index (χ0n) is 23.4. The van der Waals surface area contributed by atoms with Gasteiger partial charge in [0, 0.05) is 32.5 Å². The Morgan fingerprint density at radius 1 is 1.13 bits per heavy atom. The van der Waals surface area contributed by atoms with Crippen LogP contribution in [0.1, 0.15) is 70.6 Å². The molecule has 3 unspecified atom stereocenters. The summed E-state index contributed by atoms with van der Waals surface area (Å²) in [6.07, 6.45) is 2.70. The van der Waals surface area contributed by atoms with Gasteiger partial charge in [-0.25, -0.2) is 4.98 Å². The average Bonchev–Trinajstić information content (AvgIpc) is 3.50. The van der Waals surface area contributed by atoms with Crippen LogP contribution >= 0.6 is 11.3 Å². The molecule has 1 aromatic heterocycles. The predicted molar refractivity (Wildman–Crippen MR) is 152 cm³/mol. The van der Waals surface area contributed by atoms with E-state index in [2.05, 4.69) is 15.6 Å². The molecular formula is C29H42N4O5S. The van der Waals surface area contributed by atoms with E-state index in [1.54, 1.807) is 11.3 Å². The van der Waals surface area contributed by atoms with E-state index >= 15 is 0 Å². The Morgan fingerprint density at radius 3 is 2.44 bits per heavy atom. The van der Waals surface area contributed by atoms with Gasteiger partial charge in [-0.15, -0.1) is 11.3 Å². The summed E-state index contributed by atoms with van der Waals surface area (Å²) in [7, 11) is 0. The van der Waals surface area contributed by atoms with E-state index in [-0.39, 0.29) is 37.3 Å². The lowest BCUT2D eigenvalue weighted by atomic mass is 9.85. The number of hydrogen-bond donors (Lipinski definition) is 4. The molecule has 0 bridgehead atoms. The highest BCUT2D eigenvalue weighted by Gasteiger charge is 2.44. The van der Waals surface area contributed by atoms with E-state index in [9.17, 15) is 19.5 Å². The van der Waals surface area contributed by atoms with Crippen molar-refractivity contribution in [2.24, 2.45) is 5.41 Å². The molecule has 9 nitrogen and oxygen atoms in total. The molecule has 214 valence electrons. The first kappa shape index (κ1) is 30.7. The Labute approximate surface area is 235 Å². The van der Waals surface area contributed by atoms with Gasteiger partial charge in [0.05, 0.1) is 22.2 Å². The predicted octanol–water partition coefficient (Wildman–Crippen LogP) is 3.17. The van der Waals surface area contributed by atoms with Crippen molar-refractivity contribution in [1.82, 2.24) is 20.5 Å². The van der Waals surface area contributed by atoms with Crippen LogP contribution in [0.4, 0.5) is 0 Å². The fourth-order valence-electron chi connectivity index (χ4n) is 4.76. The molecule has 3 rings (SSSR count). The lowest BCUT2D eigenvalue weighted by Crippen LogP contribution is -2.57. The summed E-state index contributed by atoms with van der Waals surface area (Å²) in [5.41, 5.74) is 4.20. The summed E-state index contributed by atoms with van der Waals surface area (Å²) >= 11 is 1.58. The zero-order chi connectivity index (χ0) is 28.6. The molecule has 0 saturated carbocycles. The molecule has 0 radical (unpaired) electrons. The molecule has 1 aliphatic heterocycles. The molecule has 4 N–H and O–H groups in total. The number of carbonyl (C=O) groups excluding carboxylic acids is 3. The third-order valence-corrected chi connectivity index (χ3v) is 8.00. The summed E-state index contributed by atoms with van der Waals surface area (Å²) in [5, 5.41) is 25.1. The van der Waals surface area contributed by atoms with Crippen LogP contribution < -0.4 is 10.6 Å². The van der Waals surface area contributed by atoms with Gasteiger partial charge in [0.25, 0.3) is 0 Å². The number of aliphatic hydroxyl groups is 2. The zero-order valence-corrected chi connectivity index (χ0v) is 24.2. The smallest absolute Gasteiger partial charge is 0.246 e. The number of thiazole rings is 1. The van der Waals surface area contributed by atoms with Gasteiger partial charge in [-0.3, -0.25) is 14.4 Å². The van der Waals surface area contributed by atoms with Gasteiger partial charge in [-0.1, -0.05) is 57.9 Å². The number of likely N-dealkylation sites (tertiary alicyclic amines) is 1. The second kappa shape index (κ2) is 14.0. The fourth-order valence-corrected chi connectivity index (χ4v) is 5.58. The molecule has 0 aliphatic carbocycles. The van der Waals surface area contributed by atoms with Crippen molar-refractivity contribution in [3.8, 4) is 10.4 Å². The van der Waals surface area contributed by atoms with Crippen LogP contribution in [-0.2, 0) is 20.9 Å². The monoisotopic (exact) mass is 558 g/mol. The van der Waals surface area contributed by atoms with Gasteiger partial charge < -0.3 is 25.7 Å². The molecule has 2 heterocycles. The van der Waals surface area contributed by atoms with Gasteiger partial charge in [0.1, 0.15) is 12.1 Å². The number of nitrogens with zero attached hydrogens (tertiary/aromatic N) is 2. The topological polar surface area (TPSA) is 132 Å². The number of amides is 3. The molecule has 0 spiro atoms. The molecule has 39 heavy (non-hydrogen) atoms. The van der Waals surface area contributed by atoms with E-state index in [4.69, 9.17) is 5.11 Å².